The summed E-state index contributed by atoms with van der Waals surface area (Å²) in [4.78, 5) is 24.4. The average Bonchev–Trinajstić information content (AvgIpc) is 2.85. The molecule has 1 aromatic rings. The normalized spacial score (nSPS) is 30.9. The minimum absolute atomic E-state index is 0.0572. The Balaban J connectivity index is 2.52. The number of amides is 2. The third kappa shape index (κ3) is 8.54. The van der Waals surface area contributed by atoms with E-state index in [0.717, 1.165) is 6.07 Å². The first-order valence-electron chi connectivity index (χ1n) is 12.9. The zero-order valence-corrected chi connectivity index (χ0v) is 22.5. The number of carbonyl (C=O) groups is 2. The van der Waals surface area contributed by atoms with Crippen molar-refractivity contribution in [2.45, 2.75) is 65.6 Å². The molecule has 7 N–H and O–H groups in total. The minimum atomic E-state index is -1.00. The van der Waals surface area contributed by atoms with Crippen LogP contribution in [0.5, 0.6) is 5.75 Å². The van der Waals surface area contributed by atoms with E-state index >= 15 is 0 Å². The van der Waals surface area contributed by atoms with Gasteiger partial charge in [0, 0.05) is 42.6 Å². The minimum Gasteiger partial charge on any atom is -0.505 e. The van der Waals surface area contributed by atoms with Crippen LogP contribution < -0.4 is 11.1 Å². The van der Waals surface area contributed by atoms with Crippen LogP contribution in [0.25, 0.3) is 0 Å². The molecule has 0 aromatic heterocycles. The average molecular weight is 537 g/mol. The molecule has 9 nitrogen and oxygen atoms in total. The third-order valence-electron chi connectivity index (χ3n) is 7.16. The number of hydrogen-bond acceptors (Lipinski definition) is 7. The number of phenolic OH excluding ortho intramolecular Hbond substituents is 1. The largest absolute Gasteiger partial charge is 0.505 e. The highest BCUT2D eigenvalue weighted by Gasteiger charge is 2.29. The van der Waals surface area contributed by atoms with E-state index in [2.05, 4.69) is 5.32 Å². The predicted molar refractivity (Wildman–Crippen MR) is 142 cm³/mol. The highest BCUT2D eigenvalue weighted by molar-refractivity contribution is 6.04. The molecule has 0 aliphatic carbocycles. The molecule has 0 saturated carbocycles. The number of benzene rings is 1. The number of aliphatic hydroxyl groups excluding tert-OH is 3. The number of ether oxygens (including phenoxy) is 1. The topological polar surface area (TPSA) is 162 Å². The first-order chi connectivity index (χ1) is 17.9. The zero-order chi connectivity index (χ0) is 28.6. The maximum absolute atomic E-state index is 14.4. The summed E-state index contributed by atoms with van der Waals surface area (Å²) in [6, 6.07) is 2.25. The molecule has 2 amide bonds. The monoisotopic (exact) mass is 536 g/mol. The van der Waals surface area contributed by atoms with Gasteiger partial charge in [-0.3, -0.25) is 4.79 Å². The number of aromatic hydroxyl groups is 1. The third-order valence-corrected chi connectivity index (χ3v) is 7.16. The molecule has 2 rings (SSSR count). The molecular formula is C28H41FN2O7. The van der Waals surface area contributed by atoms with E-state index in [-0.39, 0.29) is 37.0 Å². The number of nitrogens with one attached hydrogen (secondary N) is 1. The van der Waals surface area contributed by atoms with Crippen molar-refractivity contribution in [2.75, 3.05) is 18.5 Å². The van der Waals surface area contributed by atoms with Gasteiger partial charge < -0.3 is 36.2 Å². The summed E-state index contributed by atoms with van der Waals surface area (Å²) in [7, 11) is 0. The highest BCUT2D eigenvalue weighted by Crippen LogP contribution is 2.33. The Hall–Kier alpha value is -2.95. The van der Waals surface area contributed by atoms with Gasteiger partial charge in [0.05, 0.1) is 11.8 Å². The summed E-state index contributed by atoms with van der Waals surface area (Å²) >= 11 is 0. The number of primary amides is 1. The Bertz CT molecular complexity index is 1040. The van der Waals surface area contributed by atoms with Crippen molar-refractivity contribution in [1.29, 1.82) is 0 Å². The van der Waals surface area contributed by atoms with Gasteiger partial charge in [0.25, 0.3) is 5.91 Å². The molecule has 0 fully saturated rings. The molecule has 2 bridgehead atoms. The van der Waals surface area contributed by atoms with E-state index in [4.69, 9.17) is 10.5 Å². The van der Waals surface area contributed by atoms with E-state index in [9.17, 15) is 34.4 Å². The van der Waals surface area contributed by atoms with Crippen molar-refractivity contribution in [3.8, 4) is 5.75 Å². The van der Waals surface area contributed by atoms with Crippen LogP contribution in [0.2, 0.25) is 0 Å². The number of nitrogens with two attached hydrogens (primary N) is 1. The number of fused-ring (bicyclic) bond motifs is 2. The Morgan fingerprint density at radius 1 is 1.18 bits per heavy atom. The molecule has 212 valence electrons. The second-order valence-corrected chi connectivity index (χ2v) is 10.4. The van der Waals surface area contributed by atoms with E-state index in [1.165, 1.54) is 6.07 Å². The van der Waals surface area contributed by atoms with Crippen LogP contribution in [0.15, 0.2) is 35.4 Å². The van der Waals surface area contributed by atoms with Crippen molar-refractivity contribution in [2.24, 2.45) is 29.4 Å². The number of rotatable bonds is 3. The first kappa shape index (κ1) is 31.3. The Morgan fingerprint density at radius 3 is 2.45 bits per heavy atom. The molecule has 0 unspecified atom stereocenters. The molecule has 1 aliphatic rings. The van der Waals surface area contributed by atoms with Gasteiger partial charge in [-0.15, -0.1) is 0 Å². The molecule has 1 aromatic carbocycles. The number of phenols is 1. The number of carbonyl (C=O) groups excluding carboxylic acids is 2. The van der Waals surface area contributed by atoms with Crippen LogP contribution in [0.4, 0.5) is 14.9 Å². The number of halogens is 1. The predicted octanol–water partition coefficient (Wildman–Crippen LogP) is 3.40. The number of anilines is 1. The molecule has 0 radical (unpaired) electrons. The fraction of sp³-hybridized carbons (Fsp3) is 0.571. The number of aliphatic hydroxyl groups is 3. The second-order valence-electron chi connectivity index (χ2n) is 10.4. The van der Waals surface area contributed by atoms with Crippen LogP contribution >= 0.6 is 0 Å². The summed E-state index contributed by atoms with van der Waals surface area (Å²) in [5.74, 6) is -3.06. The molecule has 1 aliphatic heterocycles. The van der Waals surface area contributed by atoms with Gasteiger partial charge in [0.1, 0.15) is 17.7 Å². The fourth-order valence-electron chi connectivity index (χ4n) is 5.09. The van der Waals surface area contributed by atoms with Crippen molar-refractivity contribution >= 4 is 17.7 Å². The van der Waals surface area contributed by atoms with Crippen LogP contribution in [-0.4, -0.2) is 57.8 Å². The Labute approximate surface area is 223 Å². The van der Waals surface area contributed by atoms with Crippen LogP contribution in [0, 0.1) is 29.5 Å². The molecule has 6 atom stereocenters. The lowest BCUT2D eigenvalue weighted by Crippen LogP contribution is -2.34. The maximum atomic E-state index is 14.4. The summed E-state index contributed by atoms with van der Waals surface area (Å²) in [6.07, 6.45) is 1.87. The molecule has 0 spiro atoms. The molecular weight excluding hydrogens is 495 g/mol. The van der Waals surface area contributed by atoms with Crippen molar-refractivity contribution in [3.05, 3.63) is 46.8 Å². The van der Waals surface area contributed by atoms with Crippen LogP contribution in [0.1, 0.15) is 52.5 Å². The summed E-state index contributed by atoms with van der Waals surface area (Å²) in [5, 5.41) is 44.4. The van der Waals surface area contributed by atoms with Gasteiger partial charge in [-0.1, -0.05) is 26.0 Å². The molecule has 38 heavy (non-hydrogen) atoms. The SMILES string of the molecule is C/C1=C\CC[C@H](CO)[C@@H](OC(N)=O)/C(C)=C/[C@H](C)[C@@H](O)[C@@H](CO)C[C@H](C)Cc2cc(F)cc(c2O)NC1=O. The lowest BCUT2D eigenvalue weighted by atomic mass is 9.82. The van der Waals surface area contributed by atoms with Gasteiger partial charge in [-0.05, 0) is 62.7 Å². The lowest BCUT2D eigenvalue weighted by molar-refractivity contribution is -0.112. The second kappa shape index (κ2) is 14.3. The number of allylic oxidation sites excluding steroid dienone is 1. The number of hydrogen-bond donors (Lipinski definition) is 6. The molecule has 10 heteroatoms. The summed E-state index contributed by atoms with van der Waals surface area (Å²) in [5.41, 5.74) is 6.45. The van der Waals surface area contributed by atoms with Gasteiger partial charge in [-0.25, -0.2) is 9.18 Å². The van der Waals surface area contributed by atoms with E-state index in [0.29, 0.717) is 36.0 Å². The van der Waals surface area contributed by atoms with E-state index in [1.54, 1.807) is 32.9 Å². The van der Waals surface area contributed by atoms with Crippen molar-refractivity contribution in [1.82, 2.24) is 0 Å². The van der Waals surface area contributed by atoms with Crippen molar-refractivity contribution < 1.29 is 39.1 Å². The quantitative estimate of drug-likeness (QED) is 0.255. The zero-order valence-electron chi connectivity index (χ0n) is 22.5. The lowest BCUT2D eigenvalue weighted by Gasteiger charge is -2.30. The smallest absolute Gasteiger partial charge is 0.405 e. The molecule has 1 heterocycles. The fourth-order valence-corrected chi connectivity index (χ4v) is 5.09. The summed E-state index contributed by atoms with van der Waals surface area (Å²) in [6.45, 7) is 6.30. The van der Waals surface area contributed by atoms with Crippen LogP contribution in [0.3, 0.4) is 0 Å². The van der Waals surface area contributed by atoms with E-state index in [1.807, 2.05) is 6.92 Å². The van der Waals surface area contributed by atoms with Crippen LogP contribution in [-0.2, 0) is 16.0 Å². The highest BCUT2D eigenvalue weighted by atomic mass is 19.1. The Kier molecular flexibility index (Phi) is 11.7. The standard InChI is InChI=1S/C28H41FN2O7/c1-15-8-20-11-22(29)12-23(25(20)35)31-27(36)16(2)6-5-7-19(13-32)26(38-28(30)37)18(4)10-17(3)24(34)21(9-15)14-33/h6,10-12,15,17,19,21,24,26,32-35H,5,7-9,13-14H2,1-4H3,(H2,30,37)(H,31,36)/b16-6+,18-10+/t15-,17+,19-,21-,24-,26+/m1/s1. The maximum Gasteiger partial charge on any atom is 0.405 e. The van der Waals surface area contributed by atoms with Gasteiger partial charge in [0.15, 0.2) is 0 Å². The summed E-state index contributed by atoms with van der Waals surface area (Å²) < 4.78 is 19.7. The van der Waals surface area contributed by atoms with Gasteiger partial charge >= 0.3 is 6.09 Å². The van der Waals surface area contributed by atoms with Gasteiger partial charge in [0.2, 0.25) is 0 Å². The van der Waals surface area contributed by atoms with E-state index < -0.39 is 47.8 Å². The van der Waals surface area contributed by atoms with Gasteiger partial charge in [-0.2, -0.15) is 0 Å². The first-order valence-corrected chi connectivity index (χ1v) is 12.9. The Morgan fingerprint density at radius 2 is 1.84 bits per heavy atom. The van der Waals surface area contributed by atoms with Crippen molar-refractivity contribution in [3.63, 3.8) is 0 Å². The molecule has 0 saturated heterocycles.